The van der Waals surface area contributed by atoms with Crippen LogP contribution in [0.1, 0.15) is 56.6 Å². The highest BCUT2D eigenvalue weighted by molar-refractivity contribution is 5.65. The van der Waals surface area contributed by atoms with Gasteiger partial charge in [-0.3, -0.25) is 4.98 Å². The summed E-state index contributed by atoms with van der Waals surface area (Å²) < 4.78 is 1.75. The number of aryl methyl sites for hydroxylation is 1. The molecule has 17 heavy (non-hydrogen) atoms. The van der Waals surface area contributed by atoms with E-state index in [1.807, 2.05) is 27.0 Å². The molecule has 0 amide bonds. The first-order chi connectivity index (χ1) is 7.91. The molecule has 0 aromatic carbocycles. The minimum atomic E-state index is 0.205. The van der Waals surface area contributed by atoms with Crippen LogP contribution >= 0.6 is 0 Å². The Bertz CT molecular complexity index is 555. The highest BCUT2D eigenvalue weighted by Crippen LogP contribution is 2.31. The molecule has 0 saturated heterocycles. The normalized spacial score (nSPS) is 11.9. The van der Waals surface area contributed by atoms with E-state index in [2.05, 4.69) is 23.9 Å². The van der Waals surface area contributed by atoms with Gasteiger partial charge in [-0.15, -0.1) is 0 Å². The molecule has 4 nitrogen and oxygen atoms in total. The number of nitrogens with zero attached hydrogens (tertiary/aromatic N) is 3. The summed E-state index contributed by atoms with van der Waals surface area (Å²) in [6.45, 7) is 10.1. The van der Waals surface area contributed by atoms with Crippen LogP contribution in [0.3, 0.4) is 0 Å². The smallest absolute Gasteiger partial charge is 0.166 e. The van der Waals surface area contributed by atoms with Crippen molar-refractivity contribution in [1.29, 1.82) is 0 Å². The number of fused-ring (bicyclic) bond motifs is 1. The van der Waals surface area contributed by atoms with Crippen LogP contribution in [-0.2, 0) is 0 Å². The van der Waals surface area contributed by atoms with Crippen LogP contribution in [0.25, 0.3) is 5.52 Å². The summed E-state index contributed by atoms with van der Waals surface area (Å²) in [5.41, 5.74) is 3.27. The maximum absolute atomic E-state index is 10.1. The third kappa shape index (κ3) is 1.88. The molecule has 2 aromatic heterocycles. The summed E-state index contributed by atoms with van der Waals surface area (Å²) in [6.07, 6.45) is 1.90. The molecule has 2 aromatic rings. The molecule has 0 spiro atoms. The Labute approximate surface area is 101 Å². The fraction of sp³-hybridized carbons (Fsp3) is 0.538. The van der Waals surface area contributed by atoms with E-state index < -0.39 is 0 Å². The first-order valence-corrected chi connectivity index (χ1v) is 6.00. The van der Waals surface area contributed by atoms with E-state index in [9.17, 15) is 5.11 Å². The van der Waals surface area contributed by atoms with Gasteiger partial charge in [-0.25, -0.2) is 4.52 Å². The number of aromatic hydroxyl groups is 1. The predicted molar refractivity (Wildman–Crippen MR) is 67.6 cm³/mol. The van der Waals surface area contributed by atoms with Crippen molar-refractivity contribution in [3.63, 3.8) is 0 Å². The maximum atomic E-state index is 10.1. The van der Waals surface area contributed by atoms with Crippen LogP contribution in [0.4, 0.5) is 0 Å². The van der Waals surface area contributed by atoms with E-state index in [1.165, 1.54) is 0 Å². The van der Waals surface area contributed by atoms with Gasteiger partial charge < -0.3 is 5.11 Å². The zero-order chi connectivity index (χ0) is 12.7. The Kier molecular flexibility index (Phi) is 2.81. The molecule has 0 saturated carbocycles. The lowest BCUT2D eigenvalue weighted by atomic mass is 10.1. The lowest BCUT2D eigenvalue weighted by Gasteiger charge is -2.06. The highest BCUT2D eigenvalue weighted by atomic mass is 16.3. The lowest BCUT2D eigenvalue weighted by Crippen LogP contribution is -2.01. The number of hydrogen-bond acceptors (Lipinski definition) is 3. The second kappa shape index (κ2) is 4.02. The van der Waals surface area contributed by atoms with Gasteiger partial charge in [0, 0.05) is 5.92 Å². The van der Waals surface area contributed by atoms with Crippen molar-refractivity contribution >= 4 is 5.52 Å². The summed E-state index contributed by atoms with van der Waals surface area (Å²) in [5, 5.41) is 14.6. The zero-order valence-corrected chi connectivity index (χ0v) is 11.0. The van der Waals surface area contributed by atoms with Crippen LogP contribution in [0.15, 0.2) is 6.20 Å². The summed E-state index contributed by atoms with van der Waals surface area (Å²) in [7, 11) is 0. The van der Waals surface area contributed by atoms with Crippen molar-refractivity contribution in [2.24, 2.45) is 0 Å². The summed E-state index contributed by atoms with van der Waals surface area (Å²) >= 11 is 0. The Balaban J connectivity index is 2.74. The topological polar surface area (TPSA) is 50.4 Å². The Morgan fingerprint density at radius 3 is 2.35 bits per heavy atom. The first kappa shape index (κ1) is 11.9. The van der Waals surface area contributed by atoms with Crippen molar-refractivity contribution in [1.82, 2.24) is 14.6 Å². The average molecular weight is 233 g/mol. The van der Waals surface area contributed by atoms with E-state index >= 15 is 0 Å². The second-order valence-corrected chi connectivity index (χ2v) is 5.09. The molecule has 0 fully saturated rings. The highest BCUT2D eigenvalue weighted by Gasteiger charge is 2.18. The van der Waals surface area contributed by atoms with Crippen LogP contribution in [0.5, 0.6) is 5.75 Å². The van der Waals surface area contributed by atoms with E-state index in [4.69, 9.17) is 0 Å². The SMILES string of the molecule is Cc1nc(C(C)C)cn2nc(C(C)C)c(O)c12. The summed E-state index contributed by atoms with van der Waals surface area (Å²) in [6, 6.07) is 0. The quantitative estimate of drug-likeness (QED) is 0.867. The molecule has 0 aliphatic heterocycles. The third-order valence-corrected chi connectivity index (χ3v) is 2.94. The monoisotopic (exact) mass is 233 g/mol. The van der Waals surface area contributed by atoms with Crippen molar-refractivity contribution < 1.29 is 5.11 Å². The number of rotatable bonds is 2. The van der Waals surface area contributed by atoms with E-state index in [-0.39, 0.29) is 11.7 Å². The van der Waals surface area contributed by atoms with Gasteiger partial charge in [0.2, 0.25) is 0 Å². The van der Waals surface area contributed by atoms with Gasteiger partial charge in [-0.05, 0) is 12.8 Å². The zero-order valence-electron chi connectivity index (χ0n) is 11.0. The van der Waals surface area contributed by atoms with Gasteiger partial charge in [0.25, 0.3) is 0 Å². The van der Waals surface area contributed by atoms with Crippen molar-refractivity contribution in [2.45, 2.75) is 46.5 Å². The summed E-state index contributed by atoms with van der Waals surface area (Å²) in [5.74, 6) is 0.823. The Morgan fingerprint density at radius 2 is 1.82 bits per heavy atom. The molecular weight excluding hydrogens is 214 g/mol. The van der Waals surface area contributed by atoms with Crippen LogP contribution in [-0.4, -0.2) is 19.7 Å². The molecule has 0 radical (unpaired) electrons. The number of aromatic nitrogens is 3. The average Bonchev–Trinajstić information content (AvgIpc) is 2.56. The van der Waals surface area contributed by atoms with Gasteiger partial charge in [0.15, 0.2) is 5.75 Å². The molecule has 4 heteroatoms. The maximum Gasteiger partial charge on any atom is 0.166 e. The van der Waals surface area contributed by atoms with Gasteiger partial charge >= 0.3 is 0 Å². The van der Waals surface area contributed by atoms with Gasteiger partial charge in [-0.1, -0.05) is 27.7 Å². The predicted octanol–water partition coefficient (Wildman–Crippen LogP) is 2.99. The Hall–Kier alpha value is -1.58. The second-order valence-electron chi connectivity index (χ2n) is 5.09. The fourth-order valence-corrected chi connectivity index (χ4v) is 1.94. The molecule has 1 N–H and O–H groups in total. The molecule has 92 valence electrons. The third-order valence-electron chi connectivity index (χ3n) is 2.94. The molecule has 0 atom stereocenters. The Morgan fingerprint density at radius 1 is 1.18 bits per heavy atom. The van der Waals surface area contributed by atoms with Gasteiger partial charge in [0.05, 0.1) is 17.6 Å². The lowest BCUT2D eigenvalue weighted by molar-refractivity contribution is 0.469. The molecule has 2 rings (SSSR count). The van der Waals surface area contributed by atoms with Gasteiger partial charge in [0.1, 0.15) is 11.2 Å². The fourth-order valence-electron chi connectivity index (χ4n) is 1.94. The molecule has 2 heterocycles. The van der Waals surface area contributed by atoms with Crippen LogP contribution in [0, 0.1) is 6.92 Å². The molecule has 0 aliphatic rings. The molecule has 0 bridgehead atoms. The van der Waals surface area contributed by atoms with Crippen molar-refractivity contribution in [2.75, 3.05) is 0 Å². The van der Waals surface area contributed by atoms with E-state index in [1.54, 1.807) is 4.52 Å². The van der Waals surface area contributed by atoms with Crippen LogP contribution in [0.2, 0.25) is 0 Å². The van der Waals surface area contributed by atoms with Crippen LogP contribution < -0.4 is 0 Å². The minimum Gasteiger partial charge on any atom is -0.504 e. The largest absolute Gasteiger partial charge is 0.504 e. The molecular formula is C13H19N3O. The standard InChI is InChI=1S/C13H19N3O/c1-7(2)10-6-16-12(9(5)14-10)13(17)11(15-16)8(3)4/h6-8,17H,1-5H3. The van der Waals surface area contributed by atoms with E-state index in [0.717, 1.165) is 22.6 Å². The van der Waals surface area contributed by atoms with Crippen molar-refractivity contribution in [3.05, 3.63) is 23.3 Å². The molecule has 0 unspecified atom stereocenters. The number of hydrogen-bond donors (Lipinski definition) is 1. The van der Waals surface area contributed by atoms with Crippen molar-refractivity contribution in [3.8, 4) is 5.75 Å². The minimum absolute atomic E-state index is 0.205. The van der Waals surface area contributed by atoms with Gasteiger partial charge in [-0.2, -0.15) is 5.10 Å². The molecule has 0 aliphatic carbocycles. The first-order valence-electron chi connectivity index (χ1n) is 6.00. The van der Waals surface area contributed by atoms with E-state index in [0.29, 0.717) is 5.92 Å². The summed E-state index contributed by atoms with van der Waals surface area (Å²) in [4.78, 5) is 4.51.